The van der Waals surface area contributed by atoms with Gasteiger partial charge in [-0.3, -0.25) is 4.79 Å². The van der Waals surface area contributed by atoms with Gasteiger partial charge in [-0.1, -0.05) is 13.3 Å². The van der Waals surface area contributed by atoms with E-state index in [1.54, 1.807) is 0 Å². The van der Waals surface area contributed by atoms with E-state index in [0.717, 1.165) is 24.8 Å². The maximum absolute atomic E-state index is 11.7. The molecule has 0 spiro atoms. The standard InChI is InChI=1S/C14H25N3O/c1-3-12(6-8-15)4-5-14(18)16-10-13-7-9-17(2)11-13/h7,9,11-12H,3-6,8,10,15H2,1-2H3,(H,16,18). The van der Waals surface area contributed by atoms with Crippen LogP contribution in [0.1, 0.15) is 38.2 Å². The zero-order chi connectivity index (χ0) is 13.4. The maximum atomic E-state index is 11.7. The van der Waals surface area contributed by atoms with Gasteiger partial charge in [0.1, 0.15) is 0 Å². The molecular formula is C14H25N3O. The molecule has 102 valence electrons. The van der Waals surface area contributed by atoms with Crippen LogP contribution in [0.5, 0.6) is 0 Å². The summed E-state index contributed by atoms with van der Waals surface area (Å²) in [7, 11) is 1.98. The van der Waals surface area contributed by atoms with Gasteiger partial charge in [-0.05, 0) is 36.9 Å². The van der Waals surface area contributed by atoms with Crippen molar-refractivity contribution in [2.24, 2.45) is 18.7 Å². The van der Waals surface area contributed by atoms with Gasteiger partial charge in [0.15, 0.2) is 0 Å². The molecule has 0 aliphatic carbocycles. The van der Waals surface area contributed by atoms with Gasteiger partial charge in [0.25, 0.3) is 0 Å². The second-order valence-corrected chi connectivity index (χ2v) is 4.85. The predicted molar refractivity (Wildman–Crippen MR) is 73.9 cm³/mol. The Kier molecular flexibility index (Phi) is 6.50. The first-order chi connectivity index (χ1) is 8.65. The number of hydrogen-bond donors (Lipinski definition) is 2. The van der Waals surface area contributed by atoms with Crippen molar-refractivity contribution in [3.8, 4) is 0 Å². The lowest BCUT2D eigenvalue weighted by Crippen LogP contribution is -2.23. The molecule has 1 amide bonds. The Morgan fingerprint density at radius 3 is 2.83 bits per heavy atom. The minimum Gasteiger partial charge on any atom is -0.357 e. The Labute approximate surface area is 110 Å². The summed E-state index contributed by atoms with van der Waals surface area (Å²) in [6.07, 6.45) is 7.66. The fourth-order valence-corrected chi connectivity index (χ4v) is 2.08. The molecule has 1 aromatic rings. The van der Waals surface area contributed by atoms with Gasteiger partial charge >= 0.3 is 0 Å². The van der Waals surface area contributed by atoms with Gasteiger partial charge in [-0.25, -0.2) is 0 Å². The van der Waals surface area contributed by atoms with Crippen LogP contribution in [0, 0.1) is 5.92 Å². The van der Waals surface area contributed by atoms with Gasteiger partial charge in [-0.2, -0.15) is 0 Å². The van der Waals surface area contributed by atoms with Crippen LogP contribution in [0.4, 0.5) is 0 Å². The van der Waals surface area contributed by atoms with Crippen molar-refractivity contribution < 1.29 is 4.79 Å². The number of carbonyl (C=O) groups is 1. The van der Waals surface area contributed by atoms with Crippen LogP contribution in [0.25, 0.3) is 0 Å². The van der Waals surface area contributed by atoms with E-state index in [1.807, 2.05) is 30.1 Å². The largest absolute Gasteiger partial charge is 0.357 e. The lowest BCUT2D eigenvalue weighted by atomic mass is 9.96. The topological polar surface area (TPSA) is 60.1 Å². The van der Waals surface area contributed by atoms with E-state index in [0.29, 0.717) is 25.4 Å². The molecule has 0 aliphatic rings. The summed E-state index contributed by atoms with van der Waals surface area (Å²) in [6, 6.07) is 2.02. The molecule has 0 aliphatic heterocycles. The third-order valence-electron chi connectivity index (χ3n) is 3.31. The molecule has 1 rings (SSSR count). The van der Waals surface area contributed by atoms with Crippen molar-refractivity contribution in [3.05, 3.63) is 24.0 Å². The number of hydrogen-bond acceptors (Lipinski definition) is 2. The Morgan fingerprint density at radius 1 is 1.50 bits per heavy atom. The highest BCUT2D eigenvalue weighted by Crippen LogP contribution is 2.14. The van der Waals surface area contributed by atoms with Gasteiger partial charge in [0, 0.05) is 32.4 Å². The molecule has 3 N–H and O–H groups in total. The number of aryl methyl sites for hydroxylation is 1. The van der Waals surface area contributed by atoms with Crippen LogP contribution in [0.15, 0.2) is 18.5 Å². The second-order valence-electron chi connectivity index (χ2n) is 4.85. The summed E-state index contributed by atoms with van der Waals surface area (Å²) in [5.41, 5.74) is 6.68. The average Bonchev–Trinajstić information content (AvgIpc) is 2.77. The average molecular weight is 251 g/mol. The lowest BCUT2D eigenvalue weighted by molar-refractivity contribution is -0.121. The third kappa shape index (κ3) is 5.36. The number of nitrogens with one attached hydrogen (secondary N) is 1. The summed E-state index contributed by atoms with van der Waals surface area (Å²) < 4.78 is 1.98. The van der Waals surface area contributed by atoms with Crippen molar-refractivity contribution in [2.75, 3.05) is 6.54 Å². The summed E-state index contributed by atoms with van der Waals surface area (Å²) in [6.45, 7) is 3.49. The molecule has 0 aromatic carbocycles. The third-order valence-corrected chi connectivity index (χ3v) is 3.31. The van der Waals surface area contributed by atoms with Gasteiger partial charge in [0.2, 0.25) is 5.91 Å². The van der Waals surface area contributed by atoms with Crippen LogP contribution in [0.3, 0.4) is 0 Å². The molecule has 1 aromatic heterocycles. The van der Waals surface area contributed by atoms with Crippen LogP contribution in [-0.2, 0) is 18.4 Å². The molecule has 0 bridgehead atoms. The Balaban J connectivity index is 2.21. The van der Waals surface area contributed by atoms with E-state index in [4.69, 9.17) is 5.73 Å². The summed E-state index contributed by atoms with van der Waals surface area (Å²) >= 11 is 0. The van der Waals surface area contributed by atoms with Gasteiger partial charge in [0.05, 0.1) is 0 Å². The van der Waals surface area contributed by atoms with Crippen LogP contribution in [-0.4, -0.2) is 17.0 Å². The van der Waals surface area contributed by atoms with E-state index >= 15 is 0 Å². The number of nitrogens with zero attached hydrogens (tertiary/aromatic N) is 1. The number of aromatic nitrogens is 1. The molecule has 18 heavy (non-hydrogen) atoms. The SMILES string of the molecule is CCC(CCN)CCC(=O)NCc1ccn(C)c1. The molecule has 4 heteroatoms. The summed E-state index contributed by atoms with van der Waals surface area (Å²) in [5, 5.41) is 2.95. The molecule has 0 saturated carbocycles. The number of carbonyl (C=O) groups excluding carboxylic acids is 1. The van der Waals surface area contributed by atoms with E-state index in [9.17, 15) is 4.79 Å². The smallest absolute Gasteiger partial charge is 0.220 e. The van der Waals surface area contributed by atoms with Crippen molar-refractivity contribution in [2.45, 2.75) is 39.2 Å². The molecule has 0 radical (unpaired) electrons. The number of rotatable bonds is 8. The van der Waals surface area contributed by atoms with Crippen molar-refractivity contribution >= 4 is 5.91 Å². The lowest BCUT2D eigenvalue weighted by Gasteiger charge is -2.13. The van der Waals surface area contributed by atoms with Gasteiger partial charge in [-0.15, -0.1) is 0 Å². The Hall–Kier alpha value is -1.29. The molecular weight excluding hydrogens is 226 g/mol. The Morgan fingerprint density at radius 2 is 2.28 bits per heavy atom. The van der Waals surface area contributed by atoms with Crippen molar-refractivity contribution in [1.29, 1.82) is 0 Å². The minimum absolute atomic E-state index is 0.134. The monoisotopic (exact) mass is 251 g/mol. The fraction of sp³-hybridized carbons (Fsp3) is 0.643. The number of amides is 1. The van der Waals surface area contributed by atoms with E-state index < -0.39 is 0 Å². The molecule has 1 heterocycles. The normalized spacial score (nSPS) is 12.4. The zero-order valence-corrected chi connectivity index (χ0v) is 11.5. The number of nitrogens with two attached hydrogens (primary N) is 1. The van der Waals surface area contributed by atoms with Crippen LogP contribution < -0.4 is 11.1 Å². The molecule has 1 unspecified atom stereocenters. The Bertz CT molecular complexity index is 360. The van der Waals surface area contributed by atoms with Gasteiger partial charge < -0.3 is 15.6 Å². The highest BCUT2D eigenvalue weighted by Gasteiger charge is 2.08. The van der Waals surface area contributed by atoms with Crippen molar-refractivity contribution in [1.82, 2.24) is 9.88 Å². The summed E-state index contributed by atoms with van der Waals surface area (Å²) in [5.74, 6) is 0.715. The van der Waals surface area contributed by atoms with E-state index in [1.165, 1.54) is 0 Å². The maximum Gasteiger partial charge on any atom is 0.220 e. The quantitative estimate of drug-likeness (QED) is 0.740. The highest BCUT2D eigenvalue weighted by molar-refractivity contribution is 5.75. The first kappa shape index (κ1) is 14.8. The minimum atomic E-state index is 0.134. The molecule has 0 saturated heterocycles. The molecule has 0 fully saturated rings. The highest BCUT2D eigenvalue weighted by atomic mass is 16.1. The summed E-state index contributed by atoms with van der Waals surface area (Å²) in [4.78, 5) is 11.7. The molecule has 4 nitrogen and oxygen atoms in total. The van der Waals surface area contributed by atoms with E-state index in [-0.39, 0.29) is 5.91 Å². The first-order valence-corrected chi connectivity index (χ1v) is 6.73. The van der Waals surface area contributed by atoms with Crippen molar-refractivity contribution in [3.63, 3.8) is 0 Å². The fourth-order valence-electron chi connectivity index (χ4n) is 2.08. The van der Waals surface area contributed by atoms with Crippen LogP contribution >= 0.6 is 0 Å². The molecule has 1 atom stereocenters. The van der Waals surface area contributed by atoms with E-state index in [2.05, 4.69) is 12.2 Å². The zero-order valence-electron chi connectivity index (χ0n) is 11.5. The first-order valence-electron chi connectivity index (χ1n) is 6.73. The predicted octanol–water partition coefficient (Wildman–Crippen LogP) is 1.80. The van der Waals surface area contributed by atoms with Crippen LogP contribution in [0.2, 0.25) is 0 Å². The second kappa shape index (κ2) is 7.93.